The summed E-state index contributed by atoms with van der Waals surface area (Å²) < 4.78 is 5.46. The summed E-state index contributed by atoms with van der Waals surface area (Å²) in [6, 6.07) is 14.0. The Labute approximate surface area is 145 Å². The van der Waals surface area contributed by atoms with E-state index in [1.807, 2.05) is 37.3 Å². The smallest absolute Gasteiger partial charge is 0.252 e. The molecule has 24 heavy (non-hydrogen) atoms. The van der Waals surface area contributed by atoms with Crippen LogP contribution in [0.5, 0.6) is 5.75 Å². The summed E-state index contributed by atoms with van der Waals surface area (Å²) in [6.07, 6.45) is 0.849. The van der Waals surface area contributed by atoms with Gasteiger partial charge in [0.1, 0.15) is 5.75 Å². The topological polar surface area (TPSA) is 38.3 Å². The highest BCUT2D eigenvalue weighted by molar-refractivity contribution is 5.96. The average Bonchev–Trinajstić information content (AvgIpc) is 2.59. The highest BCUT2D eigenvalue weighted by Gasteiger charge is 2.18. The van der Waals surface area contributed by atoms with E-state index in [0.717, 1.165) is 28.9 Å². The van der Waals surface area contributed by atoms with Crippen molar-refractivity contribution in [3.8, 4) is 5.75 Å². The molecule has 0 bridgehead atoms. The molecule has 1 N–H and O–H groups in total. The lowest BCUT2D eigenvalue weighted by Gasteiger charge is -2.20. The molecule has 0 aliphatic rings. The fourth-order valence-corrected chi connectivity index (χ4v) is 2.91. The van der Waals surface area contributed by atoms with Crippen LogP contribution in [0.15, 0.2) is 42.5 Å². The summed E-state index contributed by atoms with van der Waals surface area (Å²) >= 11 is 0. The Morgan fingerprint density at radius 1 is 1.17 bits per heavy atom. The molecule has 0 fully saturated rings. The van der Waals surface area contributed by atoms with Crippen LogP contribution in [-0.4, -0.2) is 13.0 Å². The molecule has 3 nitrogen and oxygen atoms in total. The molecule has 1 amide bonds. The third-order valence-electron chi connectivity index (χ3n) is 4.36. The van der Waals surface area contributed by atoms with E-state index in [1.165, 1.54) is 0 Å². The average molecular weight is 325 g/mol. The Hall–Kier alpha value is -2.29. The predicted octanol–water partition coefficient (Wildman–Crippen LogP) is 5.01. The number of amides is 1. The number of hydrogen-bond donors (Lipinski definition) is 1. The van der Waals surface area contributed by atoms with Gasteiger partial charge in [-0.05, 0) is 48.1 Å². The van der Waals surface area contributed by atoms with Crippen LogP contribution in [0.1, 0.15) is 66.2 Å². The van der Waals surface area contributed by atoms with Gasteiger partial charge in [-0.15, -0.1) is 0 Å². The second-order valence-electron chi connectivity index (χ2n) is 6.41. The molecule has 0 aliphatic heterocycles. The summed E-state index contributed by atoms with van der Waals surface area (Å²) in [7, 11) is 1.67. The number of carbonyl (C=O) groups excluding carboxylic acids is 1. The molecule has 0 saturated carbocycles. The predicted molar refractivity (Wildman–Crippen MR) is 98.8 cm³/mol. The van der Waals surface area contributed by atoms with Crippen molar-refractivity contribution in [2.24, 2.45) is 0 Å². The van der Waals surface area contributed by atoms with Gasteiger partial charge >= 0.3 is 0 Å². The minimum absolute atomic E-state index is 0.0164. The summed E-state index contributed by atoms with van der Waals surface area (Å²) in [5.41, 5.74) is 3.83. The quantitative estimate of drug-likeness (QED) is 0.811. The van der Waals surface area contributed by atoms with Gasteiger partial charge in [0.2, 0.25) is 0 Å². The van der Waals surface area contributed by atoms with Crippen LogP contribution in [0.4, 0.5) is 0 Å². The standard InChI is InChI=1S/C21H27NO2/c1-6-19(16-10-8-7-9-11-16)22-21(23)18-13-17(14(2)3)20(24-5)12-15(18)4/h7-14,19H,6H2,1-5H3,(H,22,23). The zero-order valence-electron chi connectivity index (χ0n) is 15.2. The van der Waals surface area contributed by atoms with Crippen LogP contribution in [0.2, 0.25) is 0 Å². The first-order chi connectivity index (χ1) is 11.5. The van der Waals surface area contributed by atoms with E-state index in [0.29, 0.717) is 11.5 Å². The van der Waals surface area contributed by atoms with Crippen molar-refractivity contribution in [3.63, 3.8) is 0 Å². The summed E-state index contributed by atoms with van der Waals surface area (Å²) in [5, 5.41) is 3.16. The van der Waals surface area contributed by atoms with Crippen molar-refractivity contribution < 1.29 is 9.53 Å². The maximum absolute atomic E-state index is 12.8. The number of nitrogens with one attached hydrogen (secondary N) is 1. The van der Waals surface area contributed by atoms with Crippen LogP contribution < -0.4 is 10.1 Å². The number of benzene rings is 2. The molecule has 0 saturated heterocycles. The number of rotatable bonds is 6. The third-order valence-corrected chi connectivity index (χ3v) is 4.36. The van der Waals surface area contributed by atoms with Crippen LogP contribution in [-0.2, 0) is 0 Å². The Morgan fingerprint density at radius 2 is 1.83 bits per heavy atom. The largest absolute Gasteiger partial charge is 0.496 e. The van der Waals surface area contributed by atoms with E-state index in [4.69, 9.17) is 4.74 Å². The Balaban J connectivity index is 2.30. The fraction of sp³-hybridized carbons (Fsp3) is 0.381. The van der Waals surface area contributed by atoms with E-state index in [9.17, 15) is 4.79 Å². The minimum atomic E-state index is -0.0345. The molecule has 0 aromatic heterocycles. The van der Waals surface area contributed by atoms with E-state index in [-0.39, 0.29) is 11.9 Å². The van der Waals surface area contributed by atoms with Gasteiger partial charge in [0.25, 0.3) is 5.91 Å². The summed E-state index contributed by atoms with van der Waals surface area (Å²) in [4.78, 5) is 12.8. The first kappa shape index (κ1) is 18.1. The van der Waals surface area contributed by atoms with E-state index >= 15 is 0 Å². The Morgan fingerprint density at radius 3 is 2.38 bits per heavy atom. The van der Waals surface area contributed by atoms with E-state index in [1.54, 1.807) is 7.11 Å². The van der Waals surface area contributed by atoms with Crippen molar-refractivity contribution >= 4 is 5.91 Å². The monoisotopic (exact) mass is 325 g/mol. The van der Waals surface area contributed by atoms with Crippen molar-refractivity contribution in [1.82, 2.24) is 5.32 Å². The Kier molecular flexibility index (Phi) is 6.02. The molecule has 2 aromatic rings. The zero-order valence-corrected chi connectivity index (χ0v) is 15.2. The molecule has 1 atom stereocenters. The first-order valence-electron chi connectivity index (χ1n) is 8.52. The van der Waals surface area contributed by atoms with Crippen molar-refractivity contribution in [1.29, 1.82) is 0 Å². The highest BCUT2D eigenvalue weighted by Crippen LogP contribution is 2.30. The van der Waals surface area contributed by atoms with Gasteiger partial charge in [-0.2, -0.15) is 0 Å². The molecule has 128 valence electrons. The SMILES string of the molecule is CCC(NC(=O)c1cc(C(C)C)c(OC)cc1C)c1ccccc1. The number of aryl methyl sites for hydroxylation is 1. The minimum Gasteiger partial charge on any atom is -0.496 e. The molecule has 0 aliphatic carbocycles. The summed E-state index contributed by atoms with van der Waals surface area (Å²) in [6.45, 7) is 8.24. The molecule has 0 heterocycles. The fourth-order valence-electron chi connectivity index (χ4n) is 2.91. The van der Waals surface area contributed by atoms with Crippen LogP contribution in [0, 0.1) is 6.92 Å². The molecule has 2 aromatic carbocycles. The van der Waals surface area contributed by atoms with E-state index in [2.05, 4.69) is 38.2 Å². The van der Waals surface area contributed by atoms with E-state index < -0.39 is 0 Å². The third kappa shape index (κ3) is 3.97. The lowest BCUT2D eigenvalue weighted by molar-refractivity contribution is 0.0935. The van der Waals surface area contributed by atoms with Crippen LogP contribution in [0.3, 0.4) is 0 Å². The summed E-state index contributed by atoms with van der Waals surface area (Å²) in [5.74, 6) is 1.10. The van der Waals surface area contributed by atoms with Gasteiger partial charge in [0.05, 0.1) is 13.2 Å². The van der Waals surface area contributed by atoms with Gasteiger partial charge in [-0.3, -0.25) is 4.79 Å². The molecule has 1 unspecified atom stereocenters. The normalized spacial score (nSPS) is 12.1. The number of carbonyl (C=O) groups is 1. The number of methoxy groups -OCH3 is 1. The van der Waals surface area contributed by atoms with Gasteiger partial charge < -0.3 is 10.1 Å². The molecule has 0 radical (unpaired) electrons. The first-order valence-corrected chi connectivity index (χ1v) is 8.52. The molecular weight excluding hydrogens is 298 g/mol. The van der Waals surface area contributed by atoms with Crippen LogP contribution in [0.25, 0.3) is 0 Å². The zero-order chi connectivity index (χ0) is 17.7. The maximum atomic E-state index is 12.8. The number of hydrogen-bond acceptors (Lipinski definition) is 2. The second-order valence-corrected chi connectivity index (χ2v) is 6.41. The molecule has 0 spiro atoms. The number of ether oxygens (including phenoxy) is 1. The van der Waals surface area contributed by atoms with Crippen molar-refractivity contribution in [2.75, 3.05) is 7.11 Å². The van der Waals surface area contributed by atoms with Gasteiger partial charge in [-0.25, -0.2) is 0 Å². The van der Waals surface area contributed by atoms with Gasteiger partial charge in [0, 0.05) is 5.56 Å². The van der Waals surface area contributed by atoms with Crippen molar-refractivity contribution in [2.45, 2.75) is 46.1 Å². The lowest BCUT2D eigenvalue weighted by atomic mass is 9.95. The second kappa shape index (κ2) is 8.00. The molecule has 2 rings (SSSR count). The van der Waals surface area contributed by atoms with Gasteiger partial charge in [0.15, 0.2) is 0 Å². The van der Waals surface area contributed by atoms with Crippen LogP contribution >= 0.6 is 0 Å². The maximum Gasteiger partial charge on any atom is 0.252 e. The Bertz CT molecular complexity index is 692. The van der Waals surface area contributed by atoms with Gasteiger partial charge in [-0.1, -0.05) is 51.1 Å². The lowest BCUT2D eigenvalue weighted by Crippen LogP contribution is -2.28. The molecular formula is C21H27NO2. The molecule has 3 heteroatoms. The van der Waals surface area contributed by atoms with Crippen molar-refractivity contribution in [3.05, 3.63) is 64.7 Å². The highest BCUT2D eigenvalue weighted by atomic mass is 16.5.